The van der Waals surface area contributed by atoms with Gasteiger partial charge in [-0.05, 0) is 223 Å². The summed E-state index contributed by atoms with van der Waals surface area (Å²) >= 11 is 0. The van der Waals surface area contributed by atoms with Crippen molar-refractivity contribution < 1.29 is 48.7 Å². The van der Waals surface area contributed by atoms with E-state index in [1.165, 1.54) is 106 Å². The number of hydrogen-bond acceptors (Lipinski definition) is 16. The van der Waals surface area contributed by atoms with Gasteiger partial charge in [0.1, 0.15) is 28.7 Å². The number of nitrogens with two attached hydrogens (primary N) is 1. The second-order valence-electron chi connectivity index (χ2n) is 30.9. The van der Waals surface area contributed by atoms with Crippen LogP contribution in [0.25, 0.3) is 32.3 Å². The summed E-state index contributed by atoms with van der Waals surface area (Å²) in [4.78, 5) is 20.7. The number of methoxy groups -OCH3 is 5. The topological polar surface area (TPSA) is 195 Å². The Hall–Kier alpha value is -10.1. The fourth-order valence-electron chi connectivity index (χ4n) is 16.4. The first kappa shape index (κ1) is 87.3. The van der Waals surface area contributed by atoms with E-state index in [1.54, 1.807) is 52.7 Å². The third-order valence-electron chi connectivity index (χ3n) is 22.4. The lowest BCUT2D eigenvalue weighted by Crippen LogP contribution is -2.38. The maximum atomic E-state index is 11.3. The summed E-state index contributed by atoms with van der Waals surface area (Å²) in [5.74, 6) is 7.16. The molecule has 17 heteroatoms. The number of rotatable bonds is 17. The average molecular weight is 1560 g/mol. The van der Waals surface area contributed by atoms with Gasteiger partial charge in [-0.15, -0.1) is 0 Å². The molecule has 16 nitrogen and oxygen atoms in total. The summed E-state index contributed by atoms with van der Waals surface area (Å²) in [6.07, 6.45) is 13.2. The van der Waals surface area contributed by atoms with Crippen molar-refractivity contribution in [1.82, 2.24) is 5.32 Å². The van der Waals surface area contributed by atoms with Crippen molar-refractivity contribution >= 4 is 73.4 Å². The van der Waals surface area contributed by atoms with Gasteiger partial charge in [-0.2, -0.15) is 0 Å². The first-order valence-corrected chi connectivity index (χ1v) is 41.3. The Kier molecular flexibility index (Phi) is 34.8. The molecule has 5 aliphatic heterocycles. The lowest BCUT2D eigenvalue weighted by molar-refractivity contribution is -0.118. The Morgan fingerprint density at radius 1 is 0.409 bits per heavy atom. The number of nitrogens with one attached hydrogen (secondary N) is 1. The SMILES string of the molecule is COc1cccc(B(O)O)c1.COc1cccc(N2CCCC(=O)C2)c1.COc1cccc(N2CCCC(C[C@H](C)c3cccc4ccccc34)C2)c1.COc1cccc(N2CCCC(C[C@H](C)c3cccc4ccccc34)C2)c1.COc1cccc(N2CCCC(O)C2)c1.C[C@@H](N)c1cccc2ccccc12.OC1CCCNC1. The van der Waals surface area contributed by atoms with E-state index in [4.69, 9.17) is 44.6 Å². The van der Waals surface area contributed by atoms with Crippen molar-refractivity contribution in [2.75, 3.05) is 121 Å². The number of piperidine rings is 5. The number of anilines is 4. The maximum Gasteiger partial charge on any atom is 0.488 e. The maximum absolute atomic E-state index is 11.3. The van der Waals surface area contributed by atoms with E-state index in [-0.39, 0.29) is 18.2 Å². The van der Waals surface area contributed by atoms with Gasteiger partial charge in [0.15, 0.2) is 5.78 Å². The Labute approximate surface area is 683 Å². The second-order valence-corrected chi connectivity index (χ2v) is 30.9. The molecule has 5 heterocycles. The first-order valence-electron chi connectivity index (χ1n) is 41.3. The van der Waals surface area contributed by atoms with Crippen molar-refractivity contribution in [1.29, 1.82) is 0 Å². The molecule has 7 atom stereocenters. The minimum absolute atomic E-state index is 0.0752. The van der Waals surface area contributed by atoms with Crippen LogP contribution in [0.2, 0.25) is 0 Å². The number of nitrogens with zero attached hydrogens (tertiary/aromatic N) is 4. The van der Waals surface area contributed by atoms with E-state index in [2.05, 4.69) is 196 Å². The van der Waals surface area contributed by atoms with Gasteiger partial charge in [-0.25, -0.2) is 0 Å². The van der Waals surface area contributed by atoms with Gasteiger partial charge >= 0.3 is 7.12 Å². The van der Waals surface area contributed by atoms with E-state index >= 15 is 0 Å². The Balaban J connectivity index is 0.000000148. The number of Topliss-reactive ketones (excluding diaryl/α,β-unsaturated/α-hetero) is 1. The molecule has 115 heavy (non-hydrogen) atoms. The second kappa shape index (κ2) is 45.8. The number of β-amino-alcohol motifs (C(OH)–C–C–N with tert-alkyl or cyclic N) is 2. The Bertz CT molecular complexity index is 4560. The van der Waals surface area contributed by atoms with Crippen LogP contribution in [-0.2, 0) is 4.79 Å². The van der Waals surface area contributed by atoms with Crippen molar-refractivity contribution in [2.24, 2.45) is 17.6 Å². The summed E-state index contributed by atoms with van der Waals surface area (Å²) in [6, 6.07) is 85.2. The number of aliphatic hydroxyl groups is 2. The summed E-state index contributed by atoms with van der Waals surface area (Å²) in [5, 5.41) is 47.1. The highest BCUT2D eigenvalue weighted by Gasteiger charge is 2.27. The molecule has 5 aliphatic rings. The molecule has 0 aliphatic carbocycles. The van der Waals surface area contributed by atoms with Gasteiger partial charge in [0.05, 0.1) is 54.3 Å². The lowest BCUT2D eigenvalue weighted by Gasteiger charge is -2.36. The summed E-state index contributed by atoms with van der Waals surface area (Å²) in [5.41, 5.74) is 15.3. The Morgan fingerprint density at radius 2 is 0.765 bits per heavy atom. The molecule has 0 aromatic heterocycles. The van der Waals surface area contributed by atoms with Gasteiger partial charge in [0, 0.05) is 112 Å². The normalized spacial score (nSPS) is 18.0. The zero-order valence-electron chi connectivity index (χ0n) is 69.0. The summed E-state index contributed by atoms with van der Waals surface area (Å²) in [7, 11) is 6.91. The predicted octanol–water partition coefficient (Wildman–Crippen LogP) is 18.0. The predicted molar refractivity (Wildman–Crippen MR) is 477 cm³/mol. The van der Waals surface area contributed by atoms with Gasteiger partial charge < -0.3 is 74.6 Å². The van der Waals surface area contributed by atoms with E-state index in [0.717, 1.165) is 144 Å². The average Bonchev–Trinajstić information content (AvgIpc) is 0.819. The molecule has 5 saturated heterocycles. The molecule has 5 fully saturated rings. The van der Waals surface area contributed by atoms with E-state index < -0.39 is 7.12 Å². The first-order chi connectivity index (χ1) is 56.0. The summed E-state index contributed by atoms with van der Waals surface area (Å²) < 4.78 is 26.0. The van der Waals surface area contributed by atoms with Crippen LogP contribution in [0.5, 0.6) is 28.7 Å². The minimum Gasteiger partial charge on any atom is -0.497 e. The quantitative estimate of drug-likeness (QED) is 0.0471. The highest BCUT2D eigenvalue weighted by atomic mass is 16.5. The lowest BCUT2D eigenvalue weighted by atomic mass is 9.80. The van der Waals surface area contributed by atoms with Crippen molar-refractivity contribution in [2.45, 2.75) is 128 Å². The van der Waals surface area contributed by atoms with Crippen LogP contribution in [0, 0.1) is 11.8 Å². The van der Waals surface area contributed by atoms with Crippen LogP contribution in [0.1, 0.15) is 132 Å². The molecular weight excluding hydrogens is 1430 g/mol. The van der Waals surface area contributed by atoms with Crippen LogP contribution in [0.4, 0.5) is 22.7 Å². The molecule has 0 radical (unpaired) electrons. The number of hydrogen-bond donors (Lipinski definition) is 6. The van der Waals surface area contributed by atoms with Crippen molar-refractivity contribution in [3.63, 3.8) is 0 Å². The van der Waals surface area contributed by atoms with Crippen LogP contribution in [-0.4, -0.2) is 146 Å². The molecule has 11 aromatic carbocycles. The fourth-order valence-corrected chi connectivity index (χ4v) is 16.4. The molecule has 4 unspecified atom stereocenters. The summed E-state index contributed by atoms with van der Waals surface area (Å²) in [6.45, 7) is 16.5. The largest absolute Gasteiger partial charge is 0.497 e. The number of carbonyl (C=O) groups is 1. The molecule has 0 amide bonds. The number of ketones is 1. The molecule has 0 bridgehead atoms. The van der Waals surface area contributed by atoms with Gasteiger partial charge in [-0.1, -0.05) is 178 Å². The smallest absolute Gasteiger partial charge is 0.488 e. The van der Waals surface area contributed by atoms with Crippen molar-refractivity contribution in [3.8, 4) is 28.7 Å². The fraction of sp³-hybridized carbons (Fsp3) is 0.378. The molecule has 608 valence electrons. The van der Waals surface area contributed by atoms with Crippen LogP contribution < -0.4 is 59.8 Å². The van der Waals surface area contributed by atoms with Gasteiger partial charge in [0.25, 0.3) is 0 Å². The molecule has 0 saturated carbocycles. The van der Waals surface area contributed by atoms with Crippen LogP contribution >= 0.6 is 0 Å². The number of ether oxygens (including phenoxy) is 5. The number of aliphatic hydroxyl groups excluding tert-OH is 2. The highest BCUT2D eigenvalue weighted by Crippen LogP contribution is 2.38. The third kappa shape index (κ3) is 26.7. The molecule has 16 rings (SSSR count). The number of carbonyl (C=O) groups excluding carboxylic acids is 1. The molecule has 11 aromatic rings. The van der Waals surface area contributed by atoms with E-state index in [1.807, 2.05) is 73.7 Å². The van der Waals surface area contributed by atoms with Crippen LogP contribution in [0.3, 0.4) is 0 Å². The highest BCUT2D eigenvalue weighted by molar-refractivity contribution is 6.58. The molecule has 0 spiro atoms. The minimum atomic E-state index is -1.43. The zero-order chi connectivity index (χ0) is 81.3. The van der Waals surface area contributed by atoms with E-state index in [9.17, 15) is 9.90 Å². The Morgan fingerprint density at radius 3 is 1.15 bits per heavy atom. The van der Waals surface area contributed by atoms with Crippen molar-refractivity contribution in [3.05, 3.63) is 265 Å². The zero-order valence-corrected chi connectivity index (χ0v) is 69.0. The monoisotopic (exact) mass is 1550 g/mol. The van der Waals surface area contributed by atoms with E-state index in [0.29, 0.717) is 35.4 Å². The third-order valence-corrected chi connectivity index (χ3v) is 22.4. The molecule has 7 N–H and O–H groups in total. The number of fused-ring (bicyclic) bond motifs is 3. The van der Waals surface area contributed by atoms with Crippen LogP contribution in [0.15, 0.2) is 249 Å². The standard InChI is InChI=1S/2C25H29NO.C12H17NO2.C12H15NO2.C12H13N.C7H9BO3.C5H11NO/c2*1-19(24-14-5-10-21-9-3-4-13-25(21)24)16-20-8-7-15-26(18-20)22-11-6-12-23(17-22)27-2;2*1-15-12-6-2-4-10(8-12)13-7-3-5-11(14)9-13;1-9(13)11-8-4-6-10-5-2-3-7-12(10)11;1-11-7-4-2-3-6(5-7)8(9)10;7-5-2-1-3-6-4-5/h2*3-6,9-14,17,19-20H,7-8,15-16,18H2,1-2H3;2,4,6,8,11,14H,3,5,7,9H2,1H3;2,4,6,8H,3,5,7,9H2,1H3;2-9H,13H2,1H3;2-5,9-10H,1H3;5-7H,1-4H2/t2*19-,20?;;;9-;;/m00..1../s1. The van der Waals surface area contributed by atoms with Gasteiger partial charge in [-0.3, -0.25) is 4.79 Å². The van der Waals surface area contributed by atoms with Gasteiger partial charge in [0.2, 0.25) is 0 Å². The number of benzene rings is 11. The molecular formula is C98H123BN6O10.